The number of carbonyl (C=O) groups excluding carboxylic acids is 5. The number of amides is 6. The minimum atomic E-state index is -0.711. The molecule has 0 saturated carbocycles. The average Bonchev–Trinajstić information content (AvgIpc) is 3.88. The molecule has 2 aromatic heterocycles. The van der Waals surface area contributed by atoms with E-state index in [0.29, 0.717) is 30.2 Å². The summed E-state index contributed by atoms with van der Waals surface area (Å²) >= 11 is 1.25. The lowest BCUT2D eigenvalue weighted by molar-refractivity contribution is -0.122. The number of carbonyl (C=O) groups is 5. The second-order valence-corrected chi connectivity index (χ2v) is 13.0. The van der Waals surface area contributed by atoms with Gasteiger partial charge in [-0.1, -0.05) is 50.2 Å². The maximum atomic E-state index is 13.9. The van der Waals surface area contributed by atoms with Crippen molar-refractivity contribution in [3.63, 3.8) is 0 Å². The van der Waals surface area contributed by atoms with Crippen LogP contribution in [0.5, 0.6) is 0 Å². The molecule has 0 radical (unpaired) electrons. The van der Waals surface area contributed by atoms with Gasteiger partial charge < -0.3 is 30.6 Å². The Morgan fingerprint density at radius 2 is 1.73 bits per heavy atom. The van der Waals surface area contributed by atoms with E-state index in [9.17, 15) is 24.0 Å². The van der Waals surface area contributed by atoms with E-state index in [1.807, 2.05) is 44.2 Å². The van der Waals surface area contributed by atoms with Gasteiger partial charge in [0.05, 0.1) is 12.6 Å². The monoisotopic (exact) mass is 684 g/mol. The van der Waals surface area contributed by atoms with Gasteiger partial charge in [-0.15, -0.1) is 11.3 Å². The lowest BCUT2D eigenvalue weighted by atomic mass is 10.0. The van der Waals surface area contributed by atoms with Crippen LogP contribution in [0.2, 0.25) is 0 Å². The number of anilines is 1. The Bertz CT molecular complexity index is 1860. The fraction of sp³-hybridized carbons (Fsp3) is 0.324. The molecule has 1 fully saturated rings. The Kier molecular flexibility index (Phi) is 9.99. The second-order valence-electron chi connectivity index (χ2n) is 12.1. The number of benzene rings is 2. The maximum Gasteiger partial charge on any atom is 0.321 e. The number of nitrogens with zero attached hydrogens (tertiary/aromatic N) is 4. The number of aromatic nitrogens is 2. The number of hydrogen-bond donors (Lipinski definition) is 4. The first kappa shape index (κ1) is 33.3. The molecule has 0 aliphatic carbocycles. The summed E-state index contributed by atoms with van der Waals surface area (Å²) in [6.07, 6.45) is 1.56. The first-order valence-electron chi connectivity index (χ1n) is 15.9. The van der Waals surface area contributed by atoms with Crippen molar-refractivity contribution in [2.24, 2.45) is 5.92 Å². The van der Waals surface area contributed by atoms with Crippen LogP contribution >= 0.6 is 11.3 Å². The summed E-state index contributed by atoms with van der Waals surface area (Å²) in [4.78, 5) is 78.1. The molecule has 15 heteroatoms. The summed E-state index contributed by atoms with van der Waals surface area (Å²) in [6.45, 7) is 4.48. The smallest absolute Gasteiger partial charge is 0.321 e. The molecule has 2 aliphatic heterocycles. The van der Waals surface area contributed by atoms with Crippen LogP contribution < -0.4 is 26.2 Å². The van der Waals surface area contributed by atoms with E-state index in [-0.39, 0.29) is 54.4 Å². The molecule has 4 N–H and O–H groups in total. The van der Waals surface area contributed by atoms with Crippen LogP contribution in [-0.2, 0) is 11.2 Å². The normalized spacial score (nSPS) is 19.1. The standard InChI is InChI=1S/C34H36N8O6S/c1-20(2)28-32-39-26(19-49-32)30(45)37-24(15-21-7-4-3-5-8-21)31-38-25(18-48-31)29(44)35-11-13-41(17-27(43)40-28)33(46)22-9-6-10-23(16-22)42-14-12-36-34(42)47/h3-10,16,18-20,24,28H,11-15,17H2,1-2H3,(H,35,44)(H,36,47)(H,37,45)(H,40,43)/t24-,28-/m0/s1. The highest BCUT2D eigenvalue weighted by molar-refractivity contribution is 7.09. The molecule has 4 aromatic rings. The third-order valence-electron chi connectivity index (χ3n) is 8.19. The first-order chi connectivity index (χ1) is 23.7. The van der Waals surface area contributed by atoms with Gasteiger partial charge in [0, 0.05) is 49.2 Å². The van der Waals surface area contributed by atoms with Crippen LogP contribution in [0.1, 0.15) is 73.7 Å². The molecule has 6 amide bonds. The molecule has 4 heterocycles. The highest BCUT2D eigenvalue weighted by Crippen LogP contribution is 2.27. The summed E-state index contributed by atoms with van der Waals surface area (Å²) < 4.78 is 5.71. The fourth-order valence-corrected chi connectivity index (χ4v) is 6.65. The van der Waals surface area contributed by atoms with Crippen molar-refractivity contribution in [2.75, 3.05) is 37.6 Å². The topological polar surface area (TPSA) is 179 Å². The number of hydrogen-bond acceptors (Lipinski definition) is 9. The number of fused-ring (bicyclic) bond motifs is 4. The fourth-order valence-electron chi connectivity index (χ4n) is 5.63. The summed E-state index contributed by atoms with van der Waals surface area (Å²) in [5, 5.41) is 13.6. The highest BCUT2D eigenvalue weighted by Gasteiger charge is 2.29. The third-order valence-corrected chi connectivity index (χ3v) is 9.12. The highest BCUT2D eigenvalue weighted by atomic mass is 32.1. The van der Waals surface area contributed by atoms with Gasteiger partial charge in [0.15, 0.2) is 5.69 Å². The number of thiazole rings is 1. The summed E-state index contributed by atoms with van der Waals surface area (Å²) in [5.74, 6) is -1.87. The molecule has 0 spiro atoms. The minimum absolute atomic E-state index is 0.00188. The van der Waals surface area contributed by atoms with Crippen LogP contribution in [0.15, 0.2) is 70.7 Å². The lowest BCUT2D eigenvalue weighted by Gasteiger charge is -2.26. The number of oxazole rings is 1. The molecule has 0 unspecified atom stereocenters. The van der Waals surface area contributed by atoms with E-state index in [2.05, 4.69) is 31.2 Å². The van der Waals surface area contributed by atoms with Crippen molar-refractivity contribution >= 4 is 46.7 Å². The molecule has 1 saturated heterocycles. The largest absolute Gasteiger partial charge is 0.446 e. The Labute approximate surface area is 286 Å². The maximum absolute atomic E-state index is 13.9. The van der Waals surface area contributed by atoms with E-state index in [0.717, 1.165) is 5.56 Å². The Balaban J connectivity index is 1.30. The van der Waals surface area contributed by atoms with Crippen molar-refractivity contribution < 1.29 is 28.4 Å². The Morgan fingerprint density at radius 1 is 0.939 bits per heavy atom. The van der Waals surface area contributed by atoms with Crippen molar-refractivity contribution in [3.8, 4) is 0 Å². The summed E-state index contributed by atoms with van der Waals surface area (Å²) in [5.41, 5.74) is 1.90. The van der Waals surface area contributed by atoms with Gasteiger partial charge in [-0.2, -0.15) is 0 Å². The van der Waals surface area contributed by atoms with Crippen LogP contribution in [0, 0.1) is 5.92 Å². The molecular weight excluding hydrogens is 648 g/mol. The van der Waals surface area contributed by atoms with Crippen LogP contribution in [0.25, 0.3) is 0 Å². The van der Waals surface area contributed by atoms with E-state index >= 15 is 0 Å². The third kappa shape index (κ3) is 7.78. The van der Waals surface area contributed by atoms with Gasteiger partial charge in [-0.25, -0.2) is 14.8 Å². The molecule has 254 valence electrons. The molecule has 14 nitrogen and oxygen atoms in total. The van der Waals surface area contributed by atoms with E-state index in [1.54, 1.807) is 29.6 Å². The van der Waals surface area contributed by atoms with Gasteiger partial charge in [0.2, 0.25) is 11.8 Å². The van der Waals surface area contributed by atoms with Gasteiger partial charge >= 0.3 is 6.03 Å². The Morgan fingerprint density at radius 3 is 2.49 bits per heavy atom. The van der Waals surface area contributed by atoms with Crippen molar-refractivity contribution in [2.45, 2.75) is 32.4 Å². The van der Waals surface area contributed by atoms with Gasteiger partial charge in [0.1, 0.15) is 23.0 Å². The zero-order valence-corrected chi connectivity index (χ0v) is 27.8. The van der Waals surface area contributed by atoms with Gasteiger partial charge in [0.25, 0.3) is 17.7 Å². The number of nitrogens with one attached hydrogen (secondary N) is 4. The Hall–Kier alpha value is -5.57. The van der Waals surface area contributed by atoms with Crippen molar-refractivity contribution in [1.29, 1.82) is 0 Å². The predicted molar refractivity (Wildman–Crippen MR) is 180 cm³/mol. The molecule has 6 rings (SSSR count). The lowest BCUT2D eigenvalue weighted by Crippen LogP contribution is -2.45. The molecular formula is C34H36N8O6S. The molecule has 2 atom stereocenters. The van der Waals surface area contributed by atoms with E-state index in [4.69, 9.17) is 4.42 Å². The van der Waals surface area contributed by atoms with Crippen molar-refractivity contribution in [1.82, 2.24) is 36.1 Å². The predicted octanol–water partition coefficient (Wildman–Crippen LogP) is 3.07. The van der Waals surface area contributed by atoms with Crippen LogP contribution in [0.4, 0.5) is 10.5 Å². The van der Waals surface area contributed by atoms with Crippen molar-refractivity contribution in [3.05, 3.63) is 99.7 Å². The zero-order valence-electron chi connectivity index (χ0n) is 27.0. The molecule has 2 aliphatic rings. The van der Waals surface area contributed by atoms with Gasteiger partial charge in [-0.3, -0.25) is 24.1 Å². The average molecular weight is 685 g/mol. The molecule has 2 aromatic carbocycles. The van der Waals surface area contributed by atoms with Crippen LogP contribution in [0.3, 0.4) is 0 Å². The molecule has 4 bridgehead atoms. The zero-order chi connectivity index (χ0) is 34.5. The van der Waals surface area contributed by atoms with Gasteiger partial charge in [-0.05, 0) is 29.7 Å². The minimum Gasteiger partial charge on any atom is -0.446 e. The quantitative estimate of drug-likeness (QED) is 0.248. The summed E-state index contributed by atoms with van der Waals surface area (Å²) in [7, 11) is 0. The van der Waals surface area contributed by atoms with E-state index < -0.39 is 35.7 Å². The SMILES string of the molecule is CC(C)[C@@H]1NC(=O)CN(C(=O)c2cccc(N3CCNC3=O)c2)CCNC(=O)c2coc(n2)[C@H](Cc2ccccc2)NC(=O)c2csc1n2. The summed E-state index contributed by atoms with van der Waals surface area (Å²) in [6, 6.07) is 14.6. The number of rotatable bonds is 5. The number of urea groups is 1. The van der Waals surface area contributed by atoms with E-state index in [1.165, 1.54) is 27.4 Å². The van der Waals surface area contributed by atoms with Crippen LogP contribution in [-0.4, -0.2) is 77.3 Å². The first-order valence-corrected chi connectivity index (χ1v) is 16.8. The second kappa shape index (κ2) is 14.7. The molecule has 49 heavy (non-hydrogen) atoms.